The van der Waals surface area contributed by atoms with E-state index in [-0.39, 0.29) is 19.3 Å². The van der Waals surface area contributed by atoms with E-state index in [1.165, 1.54) is 0 Å². The van der Waals surface area contributed by atoms with E-state index < -0.39 is 5.60 Å². The number of ketones is 1. The molecule has 0 spiro atoms. The second kappa shape index (κ2) is 9.56. The predicted octanol–water partition coefficient (Wildman–Crippen LogP) is 4.20. The number of nitrogens with zero attached hydrogens (tertiary/aromatic N) is 1. The molecule has 1 amide bonds. The third-order valence-corrected chi connectivity index (χ3v) is 2.46. The first kappa shape index (κ1) is 21.0. The van der Waals surface area contributed by atoms with E-state index >= 15 is 0 Å². The number of carbonyl (C=O) groups is 2. The number of allylic oxidation sites excluding steroid dienone is 1. The highest BCUT2D eigenvalue weighted by molar-refractivity contribution is 5.88. The summed E-state index contributed by atoms with van der Waals surface area (Å²) >= 11 is 0. The van der Waals surface area contributed by atoms with Gasteiger partial charge < -0.3 is 9.64 Å². The molecule has 0 saturated carbocycles. The van der Waals surface area contributed by atoms with E-state index in [1.807, 2.05) is 34.6 Å². The summed E-state index contributed by atoms with van der Waals surface area (Å²) in [5, 5.41) is 0. The maximum atomic E-state index is 11.8. The molecule has 1 heterocycles. The molecule has 4 nitrogen and oxygen atoms in total. The molecule has 0 atom stereocenters. The number of piperidine rings is 1. The Kier molecular flexibility index (Phi) is 10.0. The zero-order chi connectivity index (χ0) is 15.1. The molecule has 0 aromatic heterocycles. The number of ether oxygens (including phenoxy) is 1. The molecule has 0 bridgehead atoms. The van der Waals surface area contributed by atoms with Crippen molar-refractivity contribution in [3.05, 3.63) is 11.6 Å². The Morgan fingerprint density at radius 2 is 1.60 bits per heavy atom. The van der Waals surface area contributed by atoms with Gasteiger partial charge in [0.15, 0.2) is 5.78 Å². The highest BCUT2D eigenvalue weighted by Gasteiger charge is 2.24. The minimum Gasteiger partial charge on any atom is -0.444 e. The van der Waals surface area contributed by atoms with Gasteiger partial charge in [0.25, 0.3) is 0 Å². The van der Waals surface area contributed by atoms with Crippen LogP contribution in [-0.4, -0.2) is 35.5 Å². The quantitative estimate of drug-likeness (QED) is 0.678. The third kappa shape index (κ3) is 8.73. The van der Waals surface area contributed by atoms with Crippen LogP contribution in [0.3, 0.4) is 0 Å². The SMILES string of the molecule is C.CC.CC(=O)C=C1CCN(C(=O)OC(C)(C)C)CC1. The Labute approximate surface area is 124 Å². The maximum absolute atomic E-state index is 11.8. The van der Waals surface area contributed by atoms with Crippen LogP contribution in [0.2, 0.25) is 0 Å². The van der Waals surface area contributed by atoms with Gasteiger partial charge in [0.2, 0.25) is 0 Å². The summed E-state index contributed by atoms with van der Waals surface area (Å²) in [5.41, 5.74) is 0.671. The van der Waals surface area contributed by atoms with E-state index in [2.05, 4.69) is 0 Å². The van der Waals surface area contributed by atoms with Gasteiger partial charge in [-0.25, -0.2) is 4.79 Å². The lowest BCUT2D eigenvalue weighted by Gasteiger charge is -2.30. The fraction of sp³-hybridized carbons (Fsp3) is 0.750. The van der Waals surface area contributed by atoms with Crippen LogP contribution in [0.5, 0.6) is 0 Å². The number of hydrogen-bond donors (Lipinski definition) is 0. The number of amides is 1. The second-order valence-electron chi connectivity index (χ2n) is 5.38. The zero-order valence-corrected chi connectivity index (χ0v) is 13.1. The molecule has 118 valence electrons. The van der Waals surface area contributed by atoms with Gasteiger partial charge in [-0.2, -0.15) is 0 Å². The number of rotatable bonds is 1. The Balaban J connectivity index is 0. The summed E-state index contributed by atoms with van der Waals surface area (Å²) in [7, 11) is 0. The first-order chi connectivity index (χ1) is 8.78. The monoisotopic (exact) mass is 285 g/mol. The molecule has 1 rings (SSSR count). The average molecular weight is 285 g/mol. The van der Waals surface area contributed by atoms with Crippen molar-refractivity contribution in [3.63, 3.8) is 0 Å². The standard InChI is InChI=1S/C13H21NO3.C2H6.CH4/c1-10(15)9-11-5-7-14(8-6-11)12(16)17-13(2,3)4;1-2;/h9H,5-8H2,1-4H3;1-2H3;1H4. The van der Waals surface area contributed by atoms with Crippen molar-refractivity contribution in [2.75, 3.05) is 13.1 Å². The molecule has 0 unspecified atom stereocenters. The van der Waals surface area contributed by atoms with Crippen molar-refractivity contribution in [2.24, 2.45) is 0 Å². The number of hydrogen-bond acceptors (Lipinski definition) is 3. The van der Waals surface area contributed by atoms with Crippen molar-refractivity contribution >= 4 is 11.9 Å². The number of carbonyl (C=O) groups excluding carboxylic acids is 2. The molecule has 4 heteroatoms. The Morgan fingerprint density at radius 1 is 1.15 bits per heavy atom. The maximum Gasteiger partial charge on any atom is 0.410 e. The molecule has 0 radical (unpaired) electrons. The van der Waals surface area contributed by atoms with E-state index in [4.69, 9.17) is 4.74 Å². The normalized spacial score (nSPS) is 14.5. The predicted molar refractivity (Wildman–Crippen MR) is 83.9 cm³/mol. The highest BCUT2D eigenvalue weighted by Crippen LogP contribution is 2.18. The van der Waals surface area contributed by atoms with E-state index in [1.54, 1.807) is 17.9 Å². The van der Waals surface area contributed by atoms with Crippen molar-refractivity contribution in [1.29, 1.82) is 0 Å². The molecule has 1 saturated heterocycles. The topological polar surface area (TPSA) is 46.6 Å². The summed E-state index contributed by atoms with van der Waals surface area (Å²) in [6.07, 6.45) is 2.93. The van der Waals surface area contributed by atoms with Crippen molar-refractivity contribution in [2.45, 2.75) is 67.4 Å². The summed E-state index contributed by atoms with van der Waals surface area (Å²) in [6.45, 7) is 12.4. The van der Waals surface area contributed by atoms with Crippen LogP contribution in [-0.2, 0) is 9.53 Å². The minimum absolute atomic E-state index is 0. The van der Waals surface area contributed by atoms with Crippen LogP contribution in [0, 0.1) is 0 Å². The average Bonchev–Trinajstić information content (AvgIpc) is 2.29. The van der Waals surface area contributed by atoms with Gasteiger partial charge in [0.05, 0.1) is 0 Å². The molecule has 0 aliphatic carbocycles. The summed E-state index contributed by atoms with van der Waals surface area (Å²) in [6, 6.07) is 0. The van der Waals surface area contributed by atoms with Crippen molar-refractivity contribution in [3.8, 4) is 0 Å². The minimum atomic E-state index is -0.452. The fourth-order valence-electron chi connectivity index (χ4n) is 1.73. The number of likely N-dealkylation sites (tertiary alicyclic amines) is 1. The fourth-order valence-corrected chi connectivity index (χ4v) is 1.73. The van der Waals surface area contributed by atoms with Gasteiger partial charge in [-0.1, -0.05) is 26.8 Å². The first-order valence-corrected chi connectivity index (χ1v) is 6.96. The molecular weight excluding hydrogens is 254 g/mol. The van der Waals surface area contributed by atoms with Gasteiger partial charge >= 0.3 is 6.09 Å². The molecule has 0 aromatic carbocycles. The smallest absolute Gasteiger partial charge is 0.410 e. The van der Waals surface area contributed by atoms with Crippen LogP contribution in [0.15, 0.2) is 11.6 Å². The van der Waals surface area contributed by atoms with Gasteiger partial charge in [-0.05, 0) is 46.6 Å². The zero-order valence-electron chi connectivity index (χ0n) is 13.1. The Bertz CT molecular complexity index is 330. The molecular formula is C16H31NO3. The summed E-state index contributed by atoms with van der Waals surface area (Å²) in [5.74, 6) is 0.0747. The van der Waals surface area contributed by atoms with Crippen LogP contribution < -0.4 is 0 Å². The molecule has 0 aromatic rings. The molecule has 0 N–H and O–H groups in total. The summed E-state index contributed by atoms with van der Waals surface area (Å²) in [4.78, 5) is 24.4. The molecule has 1 aliphatic heterocycles. The lowest BCUT2D eigenvalue weighted by atomic mass is 10.0. The van der Waals surface area contributed by atoms with E-state index in [0.717, 1.165) is 18.4 Å². The van der Waals surface area contributed by atoms with Crippen LogP contribution in [0.25, 0.3) is 0 Å². The van der Waals surface area contributed by atoms with Gasteiger partial charge in [0, 0.05) is 13.1 Å². The Morgan fingerprint density at radius 3 is 1.95 bits per heavy atom. The van der Waals surface area contributed by atoms with Crippen molar-refractivity contribution < 1.29 is 14.3 Å². The molecule has 1 aliphatic rings. The Hall–Kier alpha value is -1.32. The largest absolute Gasteiger partial charge is 0.444 e. The third-order valence-electron chi connectivity index (χ3n) is 2.46. The van der Waals surface area contributed by atoms with Crippen molar-refractivity contribution in [1.82, 2.24) is 4.90 Å². The van der Waals surface area contributed by atoms with Crippen LogP contribution in [0.1, 0.15) is 61.8 Å². The van der Waals surface area contributed by atoms with E-state index in [0.29, 0.717) is 13.1 Å². The highest BCUT2D eigenvalue weighted by atomic mass is 16.6. The lowest BCUT2D eigenvalue weighted by molar-refractivity contribution is -0.112. The molecule has 1 fully saturated rings. The second-order valence-corrected chi connectivity index (χ2v) is 5.38. The van der Waals surface area contributed by atoms with Crippen LogP contribution in [0.4, 0.5) is 4.79 Å². The lowest BCUT2D eigenvalue weighted by Crippen LogP contribution is -2.40. The summed E-state index contributed by atoms with van der Waals surface area (Å²) < 4.78 is 5.29. The van der Waals surface area contributed by atoms with Gasteiger partial charge in [0.1, 0.15) is 5.60 Å². The van der Waals surface area contributed by atoms with Gasteiger partial charge in [-0.3, -0.25) is 4.79 Å². The van der Waals surface area contributed by atoms with E-state index in [9.17, 15) is 9.59 Å². The first-order valence-electron chi connectivity index (χ1n) is 6.96. The molecule has 20 heavy (non-hydrogen) atoms. The van der Waals surface area contributed by atoms with Crippen LogP contribution >= 0.6 is 0 Å². The van der Waals surface area contributed by atoms with Gasteiger partial charge in [-0.15, -0.1) is 0 Å².